The largest absolute Gasteiger partial charge is 0.378 e. The van der Waals surface area contributed by atoms with Gasteiger partial charge in [0.25, 0.3) is 0 Å². The van der Waals surface area contributed by atoms with Crippen LogP contribution in [0.15, 0.2) is 0 Å². The lowest BCUT2D eigenvalue weighted by Gasteiger charge is -2.48. The second kappa shape index (κ2) is 21.8. The summed E-state index contributed by atoms with van der Waals surface area (Å²) in [5, 5.41) is 5.99. The third-order valence-electron chi connectivity index (χ3n) is 17.4. The van der Waals surface area contributed by atoms with Crippen LogP contribution in [-0.2, 0) is 33.3 Å². The van der Waals surface area contributed by atoms with Gasteiger partial charge in [0, 0.05) is 37.3 Å². The van der Waals surface area contributed by atoms with Crippen LogP contribution in [0.3, 0.4) is 0 Å². The van der Waals surface area contributed by atoms with Gasteiger partial charge in [-0.2, -0.15) is 0 Å². The number of nitrogens with two attached hydrogens (primary N) is 1. The highest BCUT2D eigenvalue weighted by Gasteiger charge is 2.46. The Morgan fingerprint density at radius 3 is 1.32 bits per heavy atom. The normalized spacial score (nSPS) is 17.2. The molecule has 0 spiro atoms. The smallest absolute Gasteiger partial charge is 0.309 e. The Morgan fingerprint density at radius 2 is 0.905 bits per heavy atom. The van der Waals surface area contributed by atoms with Crippen molar-refractivity contribution in [1.82, 2.24) is 10.6 Å². The molecule has 5 unspecified atom stereocenters. The molecule has 5 atom stereocenters. The van der Waals surface area contributed by atoms with E-state index in [9.17, 15) is 9.59 Å². The van der Waals surface area contributed by atoms with Crippen molar-refractivity contribution in [3.8, 4) is 0 Å². The van der Waals surface area contributed by atoms with Crippen LogP contribution in [0.4, 0.5) is 0 Å². The molecule has 0 aliphatic carbocycles. The summed E-state index contributed by atoms with van der Waals surface area (Å²) < 4.78 is 32.3. The van der Waals surface area contributed by atoms with Gasteiger partial charge >= 0.3 is 11.8 Å². The molecule has 2 amide bonds. The van der Waals surface area contributed by atoms with Gasteiger partial charge in [0.05, 0.1) is 47.8 Å². The molecule has 0 aromatic heterocycles. The van der Waals surface area contributed by atoms with E-state index < -0.39 is 34.2 Å². The summed E-state index contributed by atoms with van der Waals surface area (Å²) in [5.74, 6) is -0.906. The first-order valence-electron chi connectivity index (χ1n) is 24.2. The van der Waals surface area contributed by atoms with Crippen LogP contribution in [0, 0.1) is 44.8 Å². The zero-order chi connectivity index (χ0) is 50.4. The van der Waals surface area contributed by atoms with E-state index in [1.54, 1.807) is 7.11 Å². The molecule has 0 heterocycles. The number of hydrogen-bond donors (Lipinski definition) is 3. The van der Waals surface area contributed by atoms with E-state index in [2.05, 4.69) is 170 Å². The topological polar surface area (TPSA) is 130 Å². The standard InChI is InChI=1S/C53H107N3O7/c1-36(48(16,17)52(24,25)59-28)31-62-47(14,15)35-44(8,9)40(5)55-41(57)42(58)56-50(20,21)38(3)33-63-51(22,23)45(10,11)29-30-60-53(26,27)49(18,19)37(2)32-61-46(12,13)34-43(6,7)39(4)54/h36-40H,29-35,54H2,1-28H3,(H,55,57)(H,56,58). The predicted molar refractivity (Wildman–Crippen MR) is 265 cm³/mol. The highest BCUT2D eigenvalue weighted by Crippen LogP contribution is 2.45. The second-order valence-electron chi connectivity index (χ2n) is 26.3. The Bertz CT molecular complexity index is 1440. The fourth-order valence-corrected chi connectivity index (χ4v) is 7.89. The molecular formula is C53H107N3O7. The first-order valence-corrected chi connectivity index (χ1v) is 24.2. The molecule has 10 heteroatoms. The quantitative estimate of drug-likeness (QED) is 0.0662. The molecule has 0 aliphatic heterocycles. The third kappa shape index (κ3) is 17.4. The van der Waals surface area contributed by atoms with Crippen molar-refractivity contribution in [2.24, 2.45) is 50.6 Å². The van der Waals surface area contributed by atoms with Gasteiger partial charge < -0.3 is 40.1 Å². The van der Waals surface area contributed by atoms with Crippen molar-refractivity contribution in [1.29, 1.82) is 0 Å². The van der Waals surface area contributed by atoms with Crippen LogP contribution in [0.25, 0.3) is 0 Å². The van der Waals surface area contributed by atoms with Gasteiger partial charge in [-0.25, -0.2) is 0 Å². The van der Waals surface area contributed by atoms with E-state index >= 15 is 0 Å². The monoisotopic (exact) mass is 898 g/mol. The van der Waals surface area contributed by atoms with Gasteiger partial charge in [-0.3, -0.25) is 9.59 Å². The number of hydrogen-bond acceptors (Lipinski definition) is 8. The molecule has 63 heavy (non-hydrogen) atoms. The molecule has 4 N–H and O–H groups in total. The average Bonchev–Trinajstić information content (AvgIpc) is 3.09. The lowest BCUT2D eigenvalue weighted by molar-refractivity contribution is -0.160. The van der Waals surface area contributed by atoms with Crippen molar-refractivity contribution in [3.63, 3.8) is 0 Å². The predicted octanol–water partition coefficient (Wildman–Crippen LogP) is 11.5. The minimum absolute atomic E-state index is 0.0243. The van der Waals surface area contributed by atoms with Crippen molar-refractivity contribution in [2.45, 2.75) is 252 Å². The zero-order valence-corrected chi connectivity index (χ0v) is 46.8. The molecular weight excluding hydrogens is 791 g/mol. The molecule has 0 aromatic rings. The summed E-state index contributed by atoms with van der Waals surface area (Å²) in [6.45, 7) is 60.0. The van der Waals surface area contributed by atoms with Crippen LogP contribution in [0.2, 0.25) is 0 Å². The molecule has 0 aliphatic rings. The van der Waals surface area contributed by atoms with Gasteiger partial charge in [-0.15, -0.1) is 0 Å². The van der Waals surface area contributed by atoms with E-state index in [-0.39, 0.29) is 68.1 Å². The molecule has 10 nitrogen and oxygen atoms in total. The SMILES string of the molecule is COC(C)(C)C(C)(C)C(C)COC(C)(C)CC(C)(C)C(C)NC(=O)C(=O)NC(C)(C)C(C)COC(C)(C)C(C)(C)CCOC(C)(C)C(C)(C)C(C)COC(C)(C)CC(C)(C)C(C)N. The first-order chi connectivity index (χ1) is 27.7. The number of methoxy groups -OCH3 is 1. The summed E-state index contributed by atoms with van der Waals surface area (Å²) in [6.07, 6.45) is 2.35. The Morgan fingerprint density at radius 1 is 0.508 bits per heavy atom. The summed E-state index contributed by atoms with van der Waals surface area (Å²) >= 11 is 0. The number of rotatable bonds is 28. The number of carbonyl (C=O) groups is 2. The van der Waals surface area contributed by atoms with E-state index in [1.165, 1.54) is 0 Å². The molecule has 0 saturated heterocycles. The highest BCUT2D eigenvalue weighted by molar-refractivity contribution is 6.35. The molecule has 0 rings (SSSR count). The van der Waals surface area contributed by atoms with Gasteiger partial charge in [0.1, 0.15) is 0 Å². The molecule has 0 radical (unpaired) electrons. The summed E-state index contributed by atoms with van der Waals surface area (Å²) in [4.78, 5) is 26.7. The van der Waals surface area contributed by atoms with E-state index in [4.69, 9.17) is 29.4 Å². The fourth-order valence-electron chi connectivity index (χ4n) is 7.89. The van der Waals surface area contributed by atoms with Crippen LogP contribution in [0.5, 0.6) is 0 Å². The fraction of sp³-hybridized carbons (Fsp3) is 0.962. The average molecular weight is 898 g/mol. The lowest BCUT2D eigenvalue weighted by atomic mass is 9.68. The number of carbonyl (C=O) groups excluding carboxylic acids is 2. The highest BCUT2D eigenvalue weighted by atomic mass is 16.5. The van der Waals surface area contributed by atoms with Crippen LogP contribution >= 0.6 is 0 Å². The molecule has 0 fully saturated rings. The second-order valence-corrected chi connectivity index (χ2v) is 26.3. The number of nitrogens with one attached hydrogen (secondary N) is 2. The van der Waals surface area contributed by atoms with Gasteiger partial charge in [-0.05, 0) is 155 Å². The van der Waals surface area contributed by atoms with Crippen LogP contribution in [-0.4, -0.2) is 91.0 Å². The third-order valence-corrected chi connectivity index (χ3v) is 17.4. The van der Waals surface area contributed by atoms with Crippen molar-refractivity contribution < 1.29 is 33.3 Å². The maximum Gasteiger partial charge on any atom is 0.309 e. The van der Waals surface area contributed by atoms with E-state index in [0.717, 1.165) is 12.8 Å². The molecule has 376 valence electrons. The molecule has 0 aromatic carbocycles. The van der Waals surface area contributed by atoms with Crippen LogP contribution in [0.1, 0.15) is 206 Å². The lowest BCUT2D eigenvalue weighted by Crippen LogP contribution is -2.57. The minimum atomic E-state index is -0.710. The Labute approximate surface area is 390 Å². The van der Waals surface area contributed by atoms with Crippen molar-refractivity contribution in [3.05, 3.63) is 0 Å². The summed E-state index contributed by atoms with van der Waals surface area (Å²) in [6, 6.07) is -0.207. The Hall–Kier alpha value is -1.30. The summed E-state index contributed by atoms with van der Waals surface area (Å²) in [7, 11) is 1.75. The van der Waals surface area contributed by atoms with E-state index in [0.29, 0.717) is 32.8 Å². The number of ether oxygens (including phenoxy) is 5. The molecule has 0 saturated carbocycles. The number of amides is 2. The minimum Gasteiger partial charge on any atom is -0.378 e. The first kappa shape index (κ1) is 61.7. The molecule has 0 bridgehead atoms. The van der Waals surface area contributed by atoms with Crippen LogP contribution < -0.4 is 16.4 Å². The summed E-state index contributed by atoms with van der Waals surface area (Å²) in [5.41, 5.74) is 2.70. The van der Waals surface area contributed by atoms with Gasteiger partial charge in [-0.1, -0.05) is 90.0 Å². The maximum absolute atomic E-state index is 13.4. The Kier molecular flexibility index (Phi) is 21.3. The van der Waals surface area contributed by atoms with Gasteiger partial charge in [0.15, 0.2) is 0 Å². The Balaban J connectivity index is 5.38. The van der Waals surface area contributed by atoms with Crippen molar-refractivity contribution in [2.75, 3.05) is 33.5 Å². The zero-order valence-electron chi connectivity index (χ0n) is 46.8. The van der Waals surface area contributed by atoms with E-state index in [1.807, 2.05) is 27.7 Å². The maximum atomic E-state index is 13.4. The van der Waals surface area contributed by atoms with Gasteiger partial charge in [0.2, 0.25) is 0 Å². The van der Waals surface area contributed by atoms with Crippen molar-refractivity contribution >= 4 is 11.8 Å².